The summed E-state index contributed by atoms with van der Waals surface area (Å²) in [6, 6.07) is 9.20. The van der Waals surface area contributed by atoms with E-state index < -0.39 is 0 Å². The van der Waals surface area contributed by atoms with Crippen LogP contribution in [0.3, 0.4) is 0 Å². The molecule has 0 radical (unpaired) electrons. The van der Waals surface area contributed by atoms with Crippen LogP contribution in [0.15, 0.2) is 41.0 Å². The minimum atomic E-state index is -0.0762. The molecule has 0 unspecified atom stereocenters. The van der Waals surface area contributed by atoms with Gasteiger partial charge in [-0.1, -0.05) is 17.7 Å². The normalized spacial score (nSPS) is 11.0. The van der Waals surface area contributed by atoms with Crippen molar-refractivity contribution >= 4 is 34.2 Å². The van der Waals surface area contributed by atoms with Gasteiger partial charge in [0.05, 0.1) is 12.7 Å². The van der Waals surface area contributed by atoms with Gasteiger partial charge in [0.25, 0.3) is 0 Å². The molecule has 23 heavy (non-hydrogen) atoms. The quantitative estimate of drug-likeness (QED) is 0.719. The molecule has 1 heterocycles. The summed E-state index contributed by atoms with van der Waals surface area (Å²) >= 11 is 5.85. The van der Waals surface area contributed by atoms with Gasteiger partial charge >= 0.3 is 0 Å². The molecule has 118 valence electrons. The van der Waals surface area contributed by atoms with Gasteiger partial charge < -0.3 is 9.73 Å². The monoisotopic (exact) mass is 327 g/mol. The second kappa shape index (κ2) is 6.09. The Morgan fingerprint density at radius 1 is 1.13 bits per heavy atom. The number of benzene rings is 2. The lowest BCUT2D eigenvalue weighted by Crippen LogP contribution is -2.14. The summed E-state index contributed by atoms with van der Waals surface area (Å²) in [4.78, 5) is 12.3. The van der Waals surface area contributed by atoms with E-state index in [4.69, 9.17) is 16.0 Å². The molecule has 2 aromatic carbocycles. The third-order valence-corrected chi connectivity index (χ3v) is 4.36. The largest absolute Gasteiger partial charge is 0.464 e. The third-order valence-electron chi connectivity index (χ3n) is 4.11. The molecular weight excluding hydrogens is 310 g/mol. The summed E-state index contributed by atoms with van der Waals surface area (Å²) in [5.74, 6) is -0.0762. The molecule has 0 aliphatic carbocycles. The molecule has 0 spiro atoms. The van der Waals surface area contributed by atoms with Gasteiger partial charge in [-0.25, -0.2) is 0 Å². The lowest BCUT2D eigenvalue weighted by atomic mass is 9.99. The van der Waals surface area contributed by atoms with Crippen LogP contribution in [-0.2, 0) is 11.2 Å². The fourth-order valence-corrected chi connectivity index (χ4v) is 2.95. The van der Waals surface area contributed by atoms with Crippen molar-refractivity contribution in [3.8, 4) is 0 Å². The van der Waals surface area contributed by atoms with Crippen molar-refractivity contribution in [1.29, 1.82) is 0 Å². The molecule has 1 amide bonds. The maximum atomic E-state index is 12.3. The molecule has 0 atom stereocenters. The standard InChI is InChI=1S/C19H18ClNO2/c1-11-8-12(2)18-14(10-23-19(18)13(11)3)9-17(22)21-16-6-4-15(20)5-7-16/h4-8,10H,9H2,1-3H3,(H,21,22). The molecule has 3 aromatic rings. The van der Waals surface area contributed by atoms with Crippen LogP contribution in [-0.4, -0.2) is 5.91 Å². The number of halogens is 1. The Morgan fingerprint density at radius 2 is 1.83 bits per heavy atom. The first-order valence-corrected chi connectivity index (χ1v) is 7.86. The minimum absolute atomic E-state index is 0.0762. The zero-order valence-electron chi connectivity index (χ0n) is 13.4. The summed E-state index contributed by atoms with van der Waals surface area (Å²) in [7, 11) is 0. The molecule has 3 nitrogen and oxygen atoms in total. The summed E-state index contributed by atoms with van der Waals surface area (Å²) in [6.07, 6.45) is 1.96. The van der Waals surface area contributed by atoms with Crippen LogP contribution in [0.4, 0.5) is 5.69 Å². The van der Waals surface area contributed by atoms with Gasteiger partial charge in [0.1, 0.15) is 5.58 Å². The number of nitrogens with one attached hydrogen (secondary N) is 1. The summed E-state index contributed by atoms with van der Waals surface area (Å²) < 4.78 is 5.71. The van der Waals surface area contributed by atoms with Gasteiger partial charge in [-0.3, -0.25) is 4.79 Å². The molecule has 1 N–H and O–H groups in total. The number of rotatable bonds is 3. The Kier molecular flexibility index (Phi) is 4.14. The lowest BCUT2D eigenvalue weighted by Gasteiger charge is -2.07. The Bertz CT molecular complexity index is 879. The van der Waals surface area contributed by atoms with Crippen LogP contribution < -0.4 is 5.32 Å². The SMILES string of the molecule is Cc1cc(C)c2c(CC(=O)Nc3ccc(Cl)cc3)coc2c1C. The van der Waals surface area contributed by atoms with Gasteiger partial charge in [-0.15, -0.1) is 0 Å². The number of fused-ring (bicyclic) bond motifs is 1. The highest BCUT2D eigenvalue weighted by atomic mass is 35.5. The Morgan fingerprint density at radius 3 is 2.52 bits per heavy atom. The molecule has 0 saturated heterocycles. The van der Waals surface area contributed by atoms with E-state index in [1.54, 1.807) is 30.5 Å². The number of anilines is 1. The van der Waals surface area contributed by atoms with Gasteiger partial charge in [-0.05, 0) is 61.7 Å². The van der Waals surface area contributed by atoms with Crippen LogP contribution >= 0.6 is 11.6 Å². The van der Waals surface area contributed by atoms with Crippen LogP contribution in [0, 0.1) is 20.8 Å². The maximum Gasteiger partial charge on any atom is 0.228 e. The minimum Gasteiger partial charge on any atom is -0.464 e. The summed E-state index contributed by atoms with van der Waals surface area (Å²) in [5, 5.41) is 4.56. The molecule has 0 saturated carbocycles. The second-order valence-electron chi connectivity index (χ2n) is 5.83. The molecule has 0 fully saturated rings. The number of hydrogen-bond donors (Lipinski definition) is 1. The van der Waals surface area contributed by atoms with Crippen LogP contribution in [0.2, 0.25) is 5.02 Å². The van der Waals surface area contributed by atoms with Crippen LogP contribution in [0.1, 0.15) is 22.3 Å². The number of hydrogen-bond acceptors (Lipinski definition) is 2. The van der Waals surface area contributed by atoms with Crippen molar-refractivity contribution in [2.24, 2.45) is 0 Å². The smallest absolute Gasteiger partial charge is 0.228 e. The molecular formula is C19H18ClNO2. The average Bonchev–Trinajstić information content (AvgIpc) is 2.91. The highest BCUT2D eigenvalue weighted by Crippen LogP contribution is 2.30. The predicted molar refractivity (Wildman–Crippen MR) is 94.2 cm³/mol. The summed E-state index contributed by atoms with van der Waals surface area (Å²) in [6.45, 7) is 6.15. The van der Waals surface area contributed by atoms with E-state index in [-0.39, 0.29) is 12.3 Å². The first-order chi connectivity index (χ1) is 11.0. The van der Waals surface area contributed by atoms with E-state index >= 15 is 0 Å². The lowest BCUT2D eigenvalue weighted by molar-refractivity contribution is -0.115. The number of amides is 1. The molecule has 0 bridgehead atoms. The first kappa shape index (κ1) is 15.6. The number of carbonyl (C=O) groups excluding carboxylic acids is 1. The van der Waals surface area contributed by atoms with Gasteiger partial charge in [0, 0.05) is 21.7 Å². The molecule has 0 aliphatic heterocycles. The van der Waals surface area contributed by atoms with Crippen molar-refractivity contribution in [1.82, 2.24) is 0 Å². The van der Waals surface area contributed by atoms with Crippen molar-refractivity contribution < 1.29 is 9.21 Å². The van der Waals surface area contributed by atoms with E-state index in [0.29, 0.717) is 5.02 Å². The first-order valence-electron chi connectivity index (χ1n) is 7.48. The fraction of sp³-hybridized carbons (Fsp3) is 0.211. The molecule has 3 rings (SSSR count). The van der Waals surface area contributed by atoms with Crippen molar-refractivity contribution in [3.05, 3.63) is 63.9 Å². The fourth-order valence-electron chi connectivity index (χ4n) is 2.83. The van der Waals surface area contributed by atoms with E-state index in [1.165, 1.54) is 5.56 Å². The highest BCUT2D eigenvalue weighted by molar-refractivity contribution is 6.30. The highest BCUT2D eigenvalue weighted by Gasteiger charge is 2.15. The maximum absolute atomic E-state index is 12.3. The third kappa shape index (κ3) is 3.10. The second-order valence-corrected chi connectivity index (χ2v) is 6.27. The Hall–Kier alpha value is -2.26. The van der Waals surface area contributed by atoms with Crippen molar-refractivity contribution in [2.75, 3.05) is 5.32 Å². The zero-order chi connectivity index (χ0) is 16.6. The van der Waals surface area contributed by atoms with Crippen molar-refractivity contribution in [3.63, 3.8) is 0 Å². The van der Waals surface area contributed by atoms with Crippen LogP contribution in [0.25, 0.3) is 11.0 Å². The Labute approximate surface area is 140 Å². The van der Waals surface area contributed by atoms with Crippen molar-refractivity contribution in [2.45, 2.75) is 27.2 Å². The molecule has 0 aliphatic rings. The Balaban J connectivity index is 1.85. The van der Waals surface area contributed by atoms with Gasteiger partial charge in [0.2, 0.25) is 5.91 Å². The number of furan rings is 1. The topological polar surface area (TPSA) is 42.2 Å². The van der Waals surface area contributed by atoms with Crippen LogP contribution in [0.5, 0.6) is 0 Å². The number of aryl methyl sites for hydroxylation is 3. The predicted octanol–water partition coefficient (Wildman–Crippen LogP) is 5.19. The van der Waals surface area contributed by atoms with Gasteiger partial charge in [-0.2, -0.15) is 0 Å². The zero-order valence-corrected chi connectivity index (χ0v) is 14.1. The molecule has 4 heteroatoms. The van der Waals surface area contributed by atoms with Gasteiger partial charge in [0.15, 0.2) is 0 Å². The summed E-state index contributed by atoms with van der Waals surface area (Å²) in [5.41, 5.74) is 5.96. The van der Waals surface area contributed by atoms with E-state index in [0.717, 1.165) is 33.3 Å². The van der Waals surface area contributed by atoms with E-state index in [1.807, 2.05) is 13.8 Å². The molecule has 1 aromatic heterocycles. The number of carbonyl (C=O) groups is 1. The van der Waals surface area contributed by atoms with E-state index in [9.17, 15) is 4.79 Å². The van der Waals surface area contributed by atoms with E-state index in [2.05, 4.69) is 18.3 Å². The average molecular weight is 328 g/mol.